The smallest absolute Gasteiger partial charge is 0.306 e. The monoisotopic (exact) mass is 498 g/mol. The number of esters is 1. The average molecular weight is 499 g/mol. The number of rotatable bonds is 8. The van der Waals surface area contributed by atoms with E-state index in [4.69, 9.17) is 14.2 Å². The van der Waals surface area contributed by atoms with Gasteiger partial charge in [-0.1, -0.05) is 18.2 Å². The molecule has 1 amide bonds. The minimum Gasteiger partial charge on any atom is -0.502 e. The number of amidine groups is 1. The number of hydrogen-bond donors (Lipinski definition) is 1. The molecule has 35 heavy (non-hydrogen) atoms. The Morgan fingerprint density at radius 2 is 1.74 bits per heavy atom. The van der Waals surface area contributed by atoms with Gasteiger partial charge in [0.1, 0.15) is 5.60 Å². The molecule has 0 saturated carbocycles. The zero-order valence-corrected chi connectivity index (χ0v) is 21.3. The van der Waals surface area contributed by atoms with Crippen LogP contribution in [0.2, 0.25) is 0 Å². The van der Waals surface area contributed by atoms with Crippen LogP contribution in [0.5, 0.6) is 17.2 Å². The number of ether oxygens (including phenoxy) is 3. The number of aromatic hydroxyl groups is 1. The summed E-state index contributed by atoms with van der Waals surface area (Å²) in [5, 5.41) is 10.7. The molecular formula is C26H30N2O6S. The van der Waals surface area contributed by atoms with E-state index in [0.29, 0.717) is 34.3 Å². The average Bonchev–Trinajstić information content (AvgIpc) is 3.08. The summed E-state index contributed by atoms with van der Waals surface area (Å²) in [5.41, 5.74) is 0.787. The lowest BCUT2D eigenvalue weighted by Crippen LogP contribution is -2.31. The molecule has 1 fully saturated rings. The number of aliphatic imine (C=N–C) groups is 1. The highest BCUT2D eigenvalue weighted by atomic mass is 32.2. The van der Waals surface area contributed by atoms with Crippen LogP contribution in [0.1, 0.15) is 39.2 Å². The van der Waals surface area contributed by atoms with E-state index in [1.165, 1.54) is 26.0 Å². The van der Waals surface area contributed by atoms with E-state index >= 15 is 0 Å². The summed E-state index contributed by atoms with van der Waals surface area (Å²) in [7, 11) is 2.88. The molecule has 2 aromatic rings. The lowest BCUT2D eigenvalue weighted by atomic mass is 10.1. The predicted molar refractivity (Wildman–Crippen MR) is 137 cm³/mol. The second kappa shape index (κ2) is 11.3. The molecule has 0 aliphatic carbocycles. The summed E-state index contributed by atoms with van der Waals surface area (Å²) in [5.74, 6) is -0.173. The molecule has 9 heteroatoms. The van der Waals surface area contributed by atoms with Crippen LogP contribution in [0, 0.1) is 0 Å². The van der Waals surface area contributed by atoms with Gasteiger partial charge in [-0.2, -0.15) is 0 Å². The number of benzene rings is 2. The molecule has 1 heterocycles. The van der Waals surface area contributed by atoms with Crippen LogP contribution in [0.3, 0.4) is 0 Å². The van der Waals surface area contributed by atoms with Crippen LogP contribution in [-0.4, -0.2) is 53.4 Å². The van der Waals surface area contributed by atoms with Gasteiger partial charge in [0, 0.05) is 13.0 Å². The number of phenols is 1. The summed E-state index contributed by atoms with van der Waals surface area (Å²) in [4.78, 5) is 32.1. The van der Waals surface area contributed by atoms with Crippen LogP contribution in [0.15, 0.2) is 52.4 Å². The van der Waals surface area contributed by atoms with Gasteiger partial charge < -0.3 is 19.3 Å². The highest BCUT2D eigenvalue weighted by Crippen LogP contribution is 2.40. The van der Waals surface area contributed by atoms with Crippen LogP contribution in [0.25, 0.3) is 6.08 Å². The molecule has 0 spiro atoms. The van der Waals surface area contributed by atoms with Gasteiger partial charge in [0.05, 0.1) is 24.8 Å². The Kier molecular flexibility index (Phi) is 8.45. The molecule has 0 atom stereocenters. The van der Waals surface area contributed by atoms with Crippen molar-refractivity contribution in [1.29, 1.82) is 0 Å². The van der Waals surface area contributed by atoms with Crippen LogP contribution in [0.4, 0.5) is 5.69 Å². The topological polar surface area (TPSA) is 97.7 Å². The van der Waals surface area contributed by atoms with E-state index in [1.54, 1.807) is 23.1 Å². The molecule has 8 nitrogen and oxygen atoms in total. The van der Waals surface area contributed by atoms with Crippen molar-refractivity contribution < 1.29 is 28.9 Å². The van der Waals surface area contributed by atoms with Gasteiger partial charge in [0.2, 0.25) is 5.75 Å². The molecule has 1 N–H and O–H groups in total. The van der Waals surface area contributed by atoms with Gasteiger partial charge in [-0.25, -0.2) is 4.99 Å². The number of carbonyl (C=O) groups excluding carboxylic acids is 2. The van der Waals surface area contributed by atoms with E-state index in [-0.39, 0.29) is 35.5 Å². The van der Waals surface area contributed by atoms with Crippen molar-refractivity contribution in [2.75, 3.05) is 20.8 Å². The maximum Gasteiger partial charge on any atom is 0.306 e. The number of amides is 1. The first-order chi connectivity index (χ1) is 16.6. The predicted octanol–water partition coefficient (Wildman–Crippen LogP) is 5.14. The number of phenolic OH excluding ortho intramolecular Hbond substituents is 1. The standard InChI is InChI=1S/C26H30N2O6S/c1-26(2,3)34-22(29)12-9-13-28-24(31)21(35-25(28)27-18-10-7-6-8-11-18)16-17-14-19(32-4)23(30)20(15-17)33-5/h6-8,10-11,14-16,30H,9,12-13H2,1-5H3/b21-16-,27-25?. The summed E-state index contributed by atoms with van der Waals surface area (Å²) in [6.45, 7) is 5.78. The van der Waals surface area contributed by atoms with Gasteiger partial charge in [0.15, 0.2) is 16.7 Å². The first kappa shape index (κ1) is 26.2. The van der Waals surface area contributed by atoms with Gasteiger partial charge in [-0.15, -0.1) is 0 Å². The molecule has 186 valence electrons. The van der Waals surface area contributed by atoms with Crippen molar-refractivity contribution >= 4 is 40.6 Å². The molecule has 2 aromatic carbocycles. The summed E-state index contributed by atoms with van der Waals surface area (Å²) >= 11 is 1.24. The van der Waals surface area contributed by atoms with E-state index in [1.807, 2.05) is 51.1 Å². The molecular weight excluding hydrogens is 468 g/mol. The summed E-state index contributed by atoms with van der Waals surface area (Å²) < 4.78 is 15.8. The van der Waals surface area contributed by atoms with Crippen molar-refractivity contribution in [2.24, 2.45) is 4.99 Å². The third-order valence-electron chi connectivity index (χ3n) is 4.85. The third-order valence-corrected chi connectivity index (χ3v) is 5.86. The number of carbonyl (C=O) groups is 2. The number of hydrogen-bond acceptors (Lipinski definition) is 8. The van der Waals surface area contributed by atoms with Crippen molar-refractivity contribution in [2.45, 2.75) is 39.2 Å². The summed E-state index contributed by atoms with van der Waals surface area (Å²) in [6, 6.07) is 12.6. The van der Waals surface area contributed by atoms with E-state index in [2.05, 4.69) is 4.99 Å². The van der Waals surface area contributed by atoms with Gasteiger partial charge in [-0.3, -0.25) is 14.5 Å². The van der Waals surface area contributed by atoms with Gasteiger partial charge >= 0.3 is 5.97 Å². The maximum absolute atomic E-state index is 13.3. The van der Waals surface area contributed by atoms with E-state index in [9.17, 15) is 14.7 Å². The van der Waals surface area contributed by atoms with Gasteiger partial charge in [-0.05, 0) is 74.9 Å². The first-order valence-electron chi connectivity index (χ1n) is 11.1. The second-order valence-electron chi connectivity index (χ2n) is 8.76. The Morgan fingerprint density at radius 3 is 2.31 bits per heavy atom. The molecule has 0 unspecified atom stereocenters. The molecule has 0 radical (unpaired) electrons. The number of methoxy groups -OCH3 is 2. The Morgan fingerprint density at radius 1 is 1.11 bits per heavy atom. The third kappa shape index (κ3) is 7.02. The van der Waals surface area contributed by atoms with Crippen LogP contribution < -0.4 is 9.47 Å². The molecule has 0 bridgehead atoms. The van der Waals surface area contributed by atoms with Crippen molar-refractivity contribution in [3.63, 3.8) is 0 Å². The fourth-order valence-corrected chi connectivity index (χ4v) is 4.35. The Bertz CT molecular complexity index is 1110. The van der Waals surface area contributed by atoms with Crippen molar-refractivity contribution in [3.8, 4) is 17.2 Å². The number of thioether (sulfide) groups is 1. The zero-order valence-electron chi connectivity index (χ0n) is 20.5. The molecule has 3 rings (SSSR count). The number of para-hydroxylation sites is 1. The highest BCUT2D eigenvalue weighted by Gasteiger charge is 2.33. The van der Waals surface area contributed by atoms with Crippen LogP contribution >= 0.6 is 11.8 Å². The fraction of sp³-hybridized carbons (Fsp3) is 0.346. The molecule has 1 aliphatic rings. The second-order valence-corrected chi connectivity index (χ2v) is 9.77. The van der Waals surface area contributed by atoms with E-state index < -0.39 is 5.60 Å². The minimum absolute atomic E-state index is 0.113. The largest absolute Gasteiger partial charge is 0.502 e. The zero-order chi connectivity index (χ0) is 25.6. The van der Waals surface area contributed by atoms with E-state index in [0.717, 1.165) is 0 Å². The fourth-order valence-electron chi connectivity index (χ4n) is 3.32. The van der Waals surface area contributed by atoms with Gasteiger partial charge in [0.25, 0.3) is 5.91 Å². The maximum atomic E-state index is 13.3. The lowest BCUT2D eigenvalue weighted by Gasteiger charge is -2.20. The SMILES string of the molecule is COc1cc(/C=C2\SC(=Nc3ccccc3)N(CCCC(=O)OC(C)(C)C)C2=O)cc(OC)c1O. The normalized spacial score (nSPS) is 16.1. The molecule has 0 aromatic heterocycles. The van der Waals surface area contributed by atoms with Crippen molar-refractivity contribution in [3.05, 3.63) is 52.9 Å². The summed E-state index contributed by atoms with van der Waals surface area (Å²) in [6.07, 6.45) is 2.32. The molecule has 1 saturated heterocycles. The Labute approximate surface area is 209 Å². The highest BCUT2D eigenvalue weighted by molar-refractivity contribution is 8.18. The molecule has 1 aliphatic heterocycles. The number of nitrogens with zero attached hydrogens (tertiary/aromatic N) is 2. The quantitative estimate of drug-likeness (QED) is 0.398. The minimum atomic E-state index is -0.557. The Balaban J connectivity index is 1.87. The van der Waals surface area contributed by atoms with Crippen LogP contribution in [-0.2, 0) is 14.3 Å². The van der Waals surface area contributed by atoms with Crippen molar-refractivity contribution in [1.82, 2.24) is 4.90 Å². The lowest BCUT2D eigenvalue weighted by molar-refractivity contribution is -0.155. The first-order valence-corrected chi connectivity index (χ1v) is 11.9. The Hall–Kier alpha value is -3.46.